The monoisotopic (exact) mass is 166 g/mol. The molecule has 1 aromatic rings. The number of rotatable bonds is 2. The second-order valence-corrected chi connectivity index (χ2v) is 2.31. The molecule has 12 heavy (non-hydrogen) atoms. The van der Waals surface area contributed by atoms with Crippen LogP contribution in [0, 0.1) is 0 Å². The van der Waals surface area contributed by atoms with Gasteiger partial charge in [-0.1, -0.05) is 30.3 Å². The highest BCUT2D eigenvalue weighted by Crippen LogP contribution is 2.07. The third-order valence-corrected chi connectivity index (χ3v) is 1.35. The topological polar surface area (TPSA) is 40.5 Å². The van der Waals surface area contributed by atoms with Gasteiger partial charge in [-0.3, -0.25) is 0 Å². The smallest absolute Gasteiger partial charge is 0.422 e. The van der Waals surface area contributed by atoms with Crippen LogP contribution in [0.2, 0.25) is 0 Å². The SMILES string of the molecule is OB(O)/C(F)=C\c1ccccc1. The van der Waals surface area contributed by atoms with Crippen molar-refractivity contribution in [1.82, 2.24) is 0 Å². The Morgan fingerprint density at radius 2 is 1.83 bits per heavy atom. The van der Waals surface area contributed by atoms with Crippen molar-refractivity contribution in [1.29, 1.82) is 0 Å². The third kappa shape index (κ3) is 2.49. The van der Waals surface area contributed by atoms with Gasteiger partial charge in [0, 0.05) is 0 Å². The van der Waals surface area contributed by atoms with E-state index in [1.807, 2.05) is 0 Å². The van der Waals surface area contributed by atoms with Crippen LogP contribution < -0.4 is 0 Å². The van der Waals surface area contributed by atoms with E-state index in [1.54, 1.807) is 30.3 Å². The highest BCUT2D eigenvalue weighted by molar-refractivity contribution is 6.50. The highest BCUT2D eigenvalue weighted by atomic mass is 19.1. The zero-order chi connectivity index (χ0) is 8.97. The van der Waals surface area contributed by atoms with Gasteiger partial charge in [-0.25, -0.2) is 4.39 Å². The zero-order valence-electron chi connectivity index (χ0n) is 6.31. The Hall–Kier alpha value is -1.13. The van der Waals surface area contributed by atoms with E-state index in [0.717, 1.165) is 6.08 Å². The van der Waals surface area contributed by atoms with Crippen molar-refractivity contribution in [3.63, 3.8) is 0 Å². The van der Waals surface area contributed by atoms with E-state index < -0.39 is 12.8 Å². The first-order valence-corrected chi connectivity index (χ1v) is 3.48. The van der Waals surface area contributed by atoms with Crippen LogP contribution in [0.4, 0.5) is 4.39 Å². The van der Waals surface area contributed by atoms with Gasteiger partial charge in [0.1, 0.15) is 5.73 Å². The van der Waals surface area contributed by atoms with Crippen LogP contribution in [0.15, 0.2) is 36.1 Å². The van der Waals surface area contributed by atoms with Crippen molar-refractivity contribution in [3.05, 3.63) is 41.6 Å². The molecule has 2 nitrogen and oxygen atoms in total. The molecule has 62 valence electrons. The van der Waals surface area contributed by atoms with Gasteiger partial charge in [-0.15, -0.1) is 0 Å². The Kier molecular flexibility index (Phi) is 3.02. The lowest BCUT2D eigenvalue weighted by atomic mass is 9.88. The summed E-state index contributed by atoms with van der Waals surface area (Å²) < 4.78 is 12.6. The van der Waals surface area contributed by atoms with Crippen LogP contribution in [0.1, 0.15) is 5.56 Å². The molecule has 0 radical (unpaired) electrons. The molecule has 0 spiro atoms. The van der Waals surface area contributed by atoms with E-state index in [0.29, 0.717) is 5.56 Å². The summed E-state index contributed by atoms with van der Waals surface area (Å²) in [4.78, 5) is 0. The fourth-order valence-electron chi connectivity index (χ4n) is 0.783. The van der Waals surface area contributed by atoms with Crippen LogP contribution in [0.5, 0.6) is 0 Å². The molecule has 0 atom stereocenters. The molecule has 0 saturated heterocycles. The molecule has 0 amide bonds. The Labute approximate surface area is 70.1 Å². The van der Waals surface area contributed by atoms with Crippen molar-refractivity contribution in [2.75, 3.05) is 0 Å². The fourth-order valence-corrected chi connectivity index (χ4v) is 0.783. The Bertz CT molecular complexity index is 272. The summed E-state index contributed by atoms with van der Waals surface area (Å²) in [5.74, 6) is 0. The van der Waals surface area contributed by atoms with Crippen molar-refractivity contribution < 1.29 is 14.4 Å². The third-order valence-electron chi connectivity index (χ3n) is 1.35. The molecule has 4 heteroatoms. The average Bonchev–Trinajstić information content (AvgIpc) is 2.06. The first-order chi connectivity index (χ1) is 5.70. The minimum Gasteiger partial charge on any atom is -0.422 e. The molecular formula is C8H8BFO2. The molecule has 1 aromatic carbocycles. The molecule has 0 fully saturated rings. The minimum absolute atomic E-state index is 0.600. The zero-order valence-corrected chi connectivity index (χ0v) is 6.31. The predicted molar refractivity (Wildman–Crippen MR) is 45.7 cm³/mol. The summed E-state index contributed by atoms with van der Waals surface area (Å²) >= 11 is 0. The van der Waals surface area contributed by atoms with E-state index in [9.17, 15) is 4.39 Å². The van der Waals surface area contributed by atoms with Crippen LogP contribution in [-0.4, -0.2) is 17.2 Å². The first-order valence-electron chi connectivity index (χ1n) is 3.48. The summed E-state index contributed by atoms with van der Waals surface area (Å²) in [7, 11) is -2.02. The molecule has 0 heterocycles. The van der Waals surface area contributed by atoms with Crippen LogP contribution in [-0.2, 0) is 0 Å². The number of hydrogen-bond acceptors (Lipinski definition) is 2. The second-order valence-electron chi connectivity index (χ2n) is 2.31. The van der Waals surface area contributed by atoms with Crippen molar-refractivity contribution in [2.45, 2.75) is 0 Å². The Morgan fingerprint density at radius 3 is 2.33 bits per heavy atom. The van der Waals surface area contributed by atoms with Gasteiger partial charge < -0.3 is 10.0 Å². The maximum absolute atomic E-state index is 12.6. The number of benzene rings is 1. The molecule has 0 aliphatic rings. The molecule has 0 unspecified atom stereocenters. The van der Waals surface area contributed by atoms with Gasteiger partial charge in [0.2, 0.25) is 0 Å². The molecule has 2 N–H and O–H groups in total. The van der Waals surface area contributed by atoms with Gasteiger partial charge in [0.15, 0.2) is 0 Å². The average molecular weight is 166 g/mol. The lowest BCUT2D eigenvalue weighted by molar-refractivity contribution is 0.400. The van der Waals surface area contributed by atoms with Gasteiger partial charge in [0.25, 0.3) is 0 Å². The molecule has 0 aliphatic carbocycles. The van der Waals surface area contributed by atoms with E-state index in [4.69, 9.17) is 10.0 Å². The molecule has 0 aliphatic heterocycles. The Morgan fingerprint density at radius 1 is 1.25 bits per heavy atom. The van der Waals surface area contributed by atoms with Gasteiger partial charge >= 0.3 is 7.12 Å². The summed E-state index contributed by atoms with van der Waals surface area (Å²) in [5, 5.41) is 16.8. The summed E-state index contributed by atoms with van der Waals surface area (Å²) in [5.41, 5.74) is -0.357. The number of halogens is 1. The molecular weight excluding hydrogens is 158 g/mol. The van der Waals surface area contributed by atoms with Gasteiger partial charge in [-0.2, -0.15) is 0 Å². The molecule has 0 saturated carbocycles. The van der Waals surface area contributed by atoms with Crippen LogP contribution in [0.25, 0.3) is 6.08 Å². The van der Waals surface area contributed by atoms with E-state index in [-0.39, 0.29) is 0 Å². The molecule has 1 rings (SSSR count). The maximum Gasteiger partial charge on any atom is 0.518 e. The standard InChI is InChI=1S/C8H8BFO2/c10-8(9(11)12)6-7-4-2-1-3-5-7/h1-6,11-12H/b8-6+. The normalized spacial score (nSPS) is 11.4. The first kappa shape index (κ1) is 8.97. The quantitative estimate of drug-likeness (QED) is 0.643. The highest BCUT2D eigenvalue weighted by Gasteiger charge is 2.13. The van der Waals surface area contributed by atoms with Crippen molar-refractivity contribution in [3.8, 4) is 0 Å². The number of hydrogen-bond donors (Lipinski definition) is 2. The van der Waals surface area contributed by atoms with E-state index in [1.165, 1.54) is 0 Å². The maximum atomic E-state index is 12.6. The van der Waals surface area contributed by atoms with Crippen LogP contribution >= 0.6 is 0 Å². The lowest BCUT2D eigenvalue weighted by Gasteiger charge is -1.94. The van der Waals surface area contributed by atoms with Gasteiger partial charge in [-0.05, 0) is 11.6 Å². The predicted octanol–water partition coefficient (Wildman–Crippen LogP) is 1.01. The van der Waals surface area contributed by atoms with Gasteiger partial charge in [0.05, 0.1) is 0 Å². The summed E-state index contributed by atoms with van der Waals surface area (Å²) in [6, 6.07) is 8.61. The fraction of sp³-hybridized carbons (Fsp3) is 0. The minimum atomic E-state index is -2.02. The summed E-state index contributed by atoms with van der Waals surface area (Å²) in [6.07, 6.45) is 1.07. The largest absolute Gasteiger partial charge is 0.518 e. The summed E-state index contributed by atoms with van der Waals surface area (Å²) in [6.45, 7) is 0. The Balaban J connectivity index is 2.81. The van der Waals surface area contributed by atoms with Crippen molar-refractivity contribution >= 4 is 13.2 Å². The van der Waals surface area contributed by atoms with Crippen molar-refractivity contribution in [2.24, 2.45) is 0 Å². The van der Waals surface area contributed by atoms with Crippen LogP contribution in [0.3, 0.4) is 0 Å². The molecule has 0 bridgehead atoms. The van der Waals surface area contributed by atoms with E-state index >= 15 is 0 Å². The molecule has 0 aromatic heterocycles. The second kappa shape index (κ2) is 4.04. The van der Waals surface area contributed by atoms with E-state index in [2.05, 4.69) is 0 Å². The lowest BCUT2D eigenvalue weighted by Crippen LogP contribution is -2.11.